The van der Waals surface area contributed by atoms with Crippen LogP contribution in [0.4, 0.5) is 4.39 Å². The topological polar surface area (TPSA) is 87.7 Å². The number of aryl methyl sites for hydroxylation is 1. The second kappa shape index (κ2) is 6.64. The third kappa shape index (κ3) is 2.70. The highest BCUT2D eigenvalue weighted by Crippen LogP contribution is 2.30. The van der Waals surface area contributed by atoms with Gasteiger partial charge in [-0.05, 0) is 12.8 Å². The summed E-state index contributed by atoms with van der Waals surface area (Å²) in [6, 6.07) is 0. The molecule has 3 rings (SSSR count). The van der Waals surface area contributed by atoms with Crippen molar-refractivity contribution in [3.63, 3.8) is 0 Å². The molecule has 1 atom stereocenters. The van der Waals surface area contributed by atoms with Gasteiger partial charge in [-0.2, -0.15) is 5.10 Å². The highest BCUT2D eigenvalue weighted by Gasteiger charge is 2.31. The van der Waals surface area contributed by atoms with Gasteiger partial charge >= 0.3 is 0 Å². The number of pyridine rings is 1. The molecule has 0 spiro atoms. The van der Waals surface area contributed by atoms with Crippen LogP contribution in [0, 0.1) is 5.82 Å². The summed E-state index contributed by atoms with van der Waals surface area (Å²) in [5, 5.41) is 9.44. The lowest BCUT2D eigenvalue weighted by Crippen LogP contribution is -2.39. The zero-order chi connectivity index (χ0) is 16.3. The van der Waals surface area contributed by atoms with E-state index in [0.29, 0.717) is 29.6 Å². The largest absolute Gasteiger partial charge is 0.296 e. The zero-order valence-corrected chi connectivity index (χ0v) is 12.9. The number of nitrogens with one attached hydrogen (secondary N) is 2. The molecule has 2 amide bonds. The van der Waals surface area contributed by atoms with Crippen molar-refractivity contribution in [3.8, 4) is 0 Å². The number of hydrogen-bond acceptors (Lipinski definition) is 4. The monoisotopic (exact) mass is 306 g/mol. The van der Waals surface area contributed by atoms with Gasteiger partial charge in [0.05, 0.1) is 17.3 Å². The molecule has 0 aliphatic carbocycles. The van der Waals surface area contributed by atoms with Crippen LogP contribution in [0.25, 0.3) is 10.9 Å². The lowest BCUT2D eigenvalue weighted by atomic mass is 9.93. The lowest BCUT2D eigenvalue weighted by Gasteiger charge is -2.19. The summed E-state index contributed by atoms with van der Waals surface area (Å²) in [4.78, 5) is 27.1. The van der Waals surface area contributed by atoms with Gasteiger partial charge in [0.25, 0.3) is 0 Å². The van der Waals surface area contributed by atoms with Crippen molar-refractivity contribution in [3.05, 3.63) is 23.4 Å². The smallest absolute Gasteiger partial charge is 0.235 e. The molecule has 0 bridgehead atoms. The Kier molecular flexibility index (Phi) is 4.85. The molecule has 0 radical (unpaired) electrons. The average Bonchev–Trinajstić information content (AvgIpc) is 2.94. The summed E-state index contributed by atoms with van der Waals surface area (Å²) < 4.78 is 14.1. The highest BCUT2D eigenvalue weighted by molar-refractivity contribution is 6.02. The number of carbonyl (C=O) groups is 2. The number of amides is 2. The summed E-state index contributed by atoms with van der Waals surface area (Å²) in [5.74, 6) is -1.65. The first kappa shape index (κ1) is 16.1. The first-order valence-corrected chi connectivity index (χ1v) is 7.46. The van der Waals surface area contributed by atoms with E-state index in [-0.39, 0.29) is 23.8 Å². The van der Waals surface area contributed by atoms with E-state index in [9.17, 15) is 14.0 Å². The number of nitrogens with zero attached hydrogens (tertiary/aromatic N) is 2. The van der Waals surface area contributed by atoms with Gasteiger partial charge in [0.2, 0.25) is 11.8 Å². The molecule has 1 aliphatic rings. The predicted octanol–water partition coefficient (Wildman–Crippen LogP) is 2.21. The number of imide groups is 1. The van der Waals surface area contributed by atoms with Crippen LogP contribution in [-0.4, -0.2) is 27.0 Å². The summed E-state index contributed by atoms with van der Waals surface area (Å²) >= 11 is 0. The quantitative estimate of drug-likeness (QED) is 0.833. The molecule has 6 nitrogen and oxygen atoms in total. The van der Waals surface area contributed by atoms with Crippen molar-refractivity contribution in [2.24, 2.45) is 0 Å². The maximum atomic E-state index is 14.1. The molecule has 0 aromatic carbocycles. The minimum absolute atomic E-state index is 0.191. The molecule has 2 N–H and O–H groups in total. The number of carbonyl (C=O) groups excluding carboxylic acids is 2. The van der Waals surface area contributed by atoms with Crippen molar-refractivity contribution >= 4 is 22.7 Å². The molecule has 1 saturated heterocycles. The van der Waals surface area contributed by atoms with Crippen LogP contribution in [0.15, 0.2) is 6.20 Å². The fraction of sp³-hybridized carbons (Fsp3) is 0.467. The fourth-order valence-electron chi connectivity index (χ4n) is 2.48. The third-order valence-electron chi connectivity index (χ3n) is 3.57. The number of hydrogen-bond donors (Lipinski definition) is 2. The Morgan fingerprint density at radius 3 is 2.73 bits per heavy atom. The Hall–Kier alpha value is -2.31. The molecule has 7 heteroatoms. The van der Waals surface area contributed by atoms with E-state index in [1.807, 2.05) is 20.8 Å². The molecule has 22 heavy (non-hydrogen) atoms. The molecule has 1 fully saturated rings. The number of H-pyrrole nitrogens is 1. The van der Waals surface area contributed by atoms with Crippen LogP contribution >= 0.6 is 0 Å². The van der Waals surface area contributed by atoms with E-state index in [0.717, 1.165) is 0 Å². The Balaban J connectivity index is 0.000000847. The molecule has 0 saturated carbocycles. The van der Waals surface area contributed by atoms with E-state index in [2.05, 4.69) is 20.5 Å². The van der Waals surface area contributed by atoms with Crippen LogP contribution in [0.5, 0.6) is 0 Å². The van der Waals surface area contributed by atoms with Gasteiger partial charge in [-0.25, -0.2) is 4.39 Å². The average molecular weight is 306 g/mol. The van der Waals surface area contributed by atoms with Crippen LogP contribution in [0.1, 0.15) is 50.9 Å². The minimum atomic E-state index is -0.522. The lowest BCUT2D eigenvalue weighted by molar-refractivity contribution is -0.134. The Morgan fingerprint density at radius 1 is 1.36 bits per heavy atom. The van der Waals surface area contributed by atoms with E-state index in [4.69, 9.17) is 0 Å². The number of fused-ring (bicyclic) bond motifs is 1. The maximum absolute atomic E-state index is 14.1. The Bertz CT molecular complexity index is 711. The minimum Gasteiger partial charge on any atom is -0.296 e. The summed E-state index contributed by atoms with van der Waals surface area (Å²) in [6.07, 6.45) is 2.65. The first-order chi connectivity index (χ1) is 10.6. The van der Waals surface area contributed by atoms with Crippen LogP contribution < -0.4 is 5.32 Å². The molecular formula is C15H19FN4O2. The summed E-state index contributed by atoms with van der Waals surface area (Å²) in [6.45, 7) is 5.81. The second-order valence-corrected chi connectivity index (χ2v) is 4.78. The molecule has 1 aliphatic heterocycles. The van der Waals surface area contributed by atoms with Gasteiger partial charge in [-0.15, -0.1) is 0 Å². The predicted molar refractivity (Wildman–Crippen MR) is 79.7 cm³/mol. The number of aromatic nitrogens is 3. The highest BCUT2D eigenvalue weighted by atomic mass is 19.1. The molecule has 2 aromatic rings. The third-order valence-corrected chi connectivity index (χ3v) is 3.57. The Morgan fingerprint density at radius 2 is 2.09 bits per heavy atom. The first-order valence-electron chi connectivity index (χ1n) is 7.46. The number of aromatic amines is 1. The van der Waals surface area contributed by atoms with Gasteiger partial charge in [-0.3, -0.25) is 25.0 Å². The SMILES string of the molecule is CC.CCc1ncc2c(C3CCC(=O)NC3=O)[nH]nc2c1F. The van der Waals surface area contributed by atoms with E-state index in [1.165, 1.54) is 6.20 Å². The number of rotatable bonds is 2. The van der Waals surface area contributed by atoms with E-state index in [1.54, 1.807) is 0 Å². The zero-order valence-electron chi connectivity index (χ0n) is 12.9. The molecular weight excluding hydrogens is 287 g/mol. The van der Waals surface area contributed by atoms with Gasteiger partial charge in [0.15, 0.2) is 5.82 Å². The summed E-state index contributed by atoms with van der Waals surface area (Å²) in [5.41, 5.74) is 1.05. The van der Waals surface area contributed by atoms with E-state index >= 15 is 0 Å². The van der Waals surface area contributed by atoms with Crippen molar-refractivity contribution < 1.29 is 14.0 Å². The Labute approximate surface area is 127 Å². The van der Waals surface area contributed by atoms with Gasteiger partial charge < -0.3 is 0 Å². The fourth-order valence-corrected chi connectivity index (χ4v) is 2.48. The van der Waals surface area contributed by atoms with Crippen molar-refractivity contribution in [2.45, 2.75) is 46.0 Å². The van der Waals surface area contributed by atoms with Crippen molar-refractivity contribution in [1.29, 1.82) is 0 Å². The molecule has 2 aromatic heterocycles. The van der Waals surface area contributed by atoms with Crippen LogP contribution in [-0.2, 0) is 16.0 Å². The van der Waals surface area contributed by atoms with Gasteiger partial charge in [0, 0.05) is 18.0 Å². The van der Waals surface area contributed by atoms with E-state index < -0.39 is 11.7 Å². The number of halogens is 1. The molecule has 118 valence electrons. The maximum Gasteiger partial charge on any atom is 0.235 e. The molecule has 1 unspecified atom stereocenters. The van der Waals surface area contributed by atoms with Crippen LogP contribution in [0.2, 0.25) is 0 Å². The van der Waals surface area contributed by atoms with Gasteiger partial charge in [0.1, 0.15) is 5.52 Å². The standard InChI is InChI=1S/C13H13FN4O2.C2H6/c1-2-8-10(14)12-7(5-15-8)11(17-18-12)6-3-4-9(19)16-13(6)20;1-2/h5-6H,2-4H2,1H3,(H,17,18)(H,16,19,20);1-2H3. The van der Waals surface area contributed by atoms with Crippen LogP contribution in [0.3, 0.4) is 0 Å². The van der Waals surface area contributed by atoms with Crippen molar-refractivity contribution in [2.75, 3.05) is 0 Å². The number of piperidine rings is 1. The van der Waals surface area contributed by atoms with Gasteiger partial charge in [-0.1, -0.05) is 20.8 Å². The van der Waals surface area contributed by atoms with Crippen molar-refractivity contribution in [1.82, 2.24) is 20.5 Å². The normalized spacial score (nSPS) is 17.9. The molecule has 3 heterocycles. The second-order valence-electron chi connectivity index (χ2n) is 4.78. The summed E-state index contributed by atoms with van der Waals surface area (Å²) in [7, 11) is 0.